The number of hydrogen-bond donors (Lipinski definition) is 0. The van der Waals surface area contributed by atoms with Crippen molar-refractivity contribution in [1.82, 2.24) is 14.4 Å². The monoisotopic (exact) mass is 383 g/mol. The minimum Gasteiger partial charge on any atom is -0.497 e. The molecule has 2 aromatic carbocycles. The van der Waals surface area contributed by atoms with Crippen LogP contribution in [0.2, 0.25) is 0 Å². The van der Waals surface area contributed by atoms with Gasteiger partial charge in [0.15, 0.2) is 0 Å². The molecule has 0 aliphatic carbocycles. The number of aromatic nitrogens is 1. The van der Waals surface area contributed by atoms with Crippen LogP contribution in [0.15, 0.2) is 48.7 Å². The lowest BCUT2D eigenvalue weighted by Gasteiger charge is -2.32. The number of rotatable bonds is 5. The first-order valence-corrected chi connectivity index (χ1v) is 9.43. The zero-order valence-electron chi connectivity index (χ0n) is 16.0. The summed E-state index contributed by atoms with van der Waals surface area (Å²) in [6.45, 7) is 6.06. The highest BCUT2D eigenvalue weighted by Gasteiger charge is 2.17. The molecule has 0 unspecified atom stereocenters. The first-order valence-electron chi connectivity index (χ1n) is 9.43. The normalized spacial score (nSPS) is 15.5. The van der Waals surface area contributed by atoms with E-state index in [2.05, 4.69) is 39.7 Å². The molecule has 0 spiro atoms. The predicted octanol–water partition coefficient (Wildman–Crippen LogP) is 4.22. The summed E-state index contributed by atoms with van der Waals surface area (Å²) in [5, 5.41) is 1.23. The Balaban J connectivity index is 0.00000225. The lowest BCUT2D eigenvalue weighted by molar-refractivity contribution is 0.148. The van der Waals surface area contributed by atoms with Gasteiger partial charge in [-0.05, 0) is 48.5 Å². The third kappa shape index (κ3) is 4.37. The number of nitrogens with zero attached hydrogens (tertiary/aromatic N) is 3. The SMILES string of the molecule is C.COc1ccc2c(c1)c(CN1CCN(C)CC1)cn2Cc1ccc(F)cc1. The second kappa shape index (κ2) is 8.76. The lowest BCUT2D eigenvalue weighted by Crippen LogP contribution is -2.43. The quantitative estimate of drug-likeness (QED) is 0.658. The van der Waals surface area contributed by atoms with Crippen LogP contribution in [-0.2, 0) is 13.1 Å². The maximum absolute atomic E-state index is 13.2. The molecule has 0 N–H and O–H groups in total. The molecule has 0 amide bonds. The molecule has 4 rings (SSSR count). The van der Waals surface area contributed by atoms with E-state index < -0.39 is 0 Å². The molecule has 1 fully saturated rings. The summed E-state index contributed by atoms with van der Waals surface area (Å²) in [5.74, 6) is 0.679. The number of methoxy groups -OCH3 is 1. The summed E-state index contributed by atoms with van der Waals surface area (Å²) in [5.41, 5.74) is 3.59. The van der Waals surface area contributed by atoms with Crippen LogP contribution in [0.3, 0.4) is 0 Å². The molecular weight excluding hydrogens is 353 g/mol. The van der Waals surface area contributed by atoms with E-state index in [0.717, 1.165) is 50.6 Å². The molecular formula is C23H30FN3O. The standard InChI is InChI=1S/C22H26FN3O.CH4/c1-24-9-11-25(12-10-24)15-18-16-26(14-17-3-5-19(23)6-4-17)22-8-7-20(27-2)13-21(18)22;/h3-8,13,16H,9-12,14-15H2,1-2H3;1H4. The second-order valence-corrected chi connectivity index (χ2v) is 7.37. The van der Waals surface area contributed by atoms with Crippen molar-refractivity contribution in [3.8, 4) is 5.75 Å². The third-order valence-electron chi connectivity index (χ3n) is 5.43. The lowest BCUT2D eigenvalue weighted by atomic mass is 10.1. The van der Waals surface area contributed by atoms with Crippen molar-refractivity contribution in [2.75, 3.05) is 40.3 Å². The van der Waals surface area contributed by atoms with Crippen LogP contribution < -0.4 is 4.74 Å². The van der Waals surface area contributed by atoms with Crippen LogP contribution in [-0.4, -0.2) is 54.7 Å². The van der Waals surface area contributed by atoms with Gasteiger partial charge in [-0.25, -0.2) is 4.39 Å². The molecule has 3 aromatic rings. The average molecular weight is 384 g/mol. The van der Waals surface area contributed by atoms with Crippen LogP contribution in [0.4, 0.5) is 4.39 Å². The second-order valence-electron chi connectivity index (χ2n) is 7.37. The molecule has 0 bridgehead atoms. The maximum atomic E-state index is 13.2. The Labute approximate surface area is 167 Å². The van der Waals surface area contributed by atoms with E-state index in [4.69, 9.17) is 4.74 Å². The molecule has 1 aromatic heterocycles. The Hall–Kier alpha value is -2.37. The van der Waals surface area contributed by atoms with Gasteiger partial charge in [-0.15, -0.1) is 0 Å². The van der Waals surface area contributed by atoms with Gasteiger partial charge in [0.1, 0.15) is 11.6 Å². The summed E-state index contributed by atoms with van der Waals surface area (Å²) in [7, 11) is 3.88. The largest absolute Gasteiger partial charge is 0.497 e. The summed E-state index contributed by atoms with van der Waals surface area (Å²) in [6, 6.07) is 13.0. The highest BCUT2D eigenvalue weighted by Crippen LogP contribution is 2.28. The fourth-order valence-electron chi connectivity index (χ4n) is 3.77. The van der Waals surface area contributed by atoms with Gasteiger partial charge in [0.2, 0.25) is 0 Å². The van der Waals surface area contributed by atoms with Gasteiger partial charge < -0.3 is 14.2 Å². The number of hydrogen-bond acceptors (Lipinski definition) is 3. The molecule has 1 aliphatic rings. The summed E-state index contributed by atoms with van der Waals surface area (Å²) < 4.78 is 20.9. The van der Waals surface area contributed by atoms with E-state index in [1.165, 1.54) is 28.6 Å². The van der Waals surface area contributed by atoms with Crippen molar-refractivity contribution in [2.45, 2.75) is 20.5 Å². The first-order chi connectivity index (χ1) is 13.1. The van der Waals surface area contributed by atoms with Crippen molar-refractivity contribution in [1.29, 1.82) is 0 Å². The molecule has 28 heavy (non-hydrogen) atoms. The molecule has 1 aliphatic heterocycles. The minimum absolute atomic E-state index is 0. The van der Waals surface area contributed by atoms with Crippen molar-refractivity contribution in [3.05, 3.63) is 65.6 Å². The summed E-state index contributed by atoms with van der Waals surface area (Å²) >= 11 is 0. The van der Waals surface area contributed by atoms with Crippen molar-refractivity contribution in [3.63, 3.8) is 0 Å². The zero-order valence-corrected chi connectivity index (χ0v) is 16.0. The number of likely N-dealkylation sites (N-methyl/N-ethyl adjacent to an activating group) is 1. The van der Waals surface area contributed by atoms with Crippen LogP contribution >= 0.6 is 0 Å². The van der Waals surface area contributed by atoms with Gasteiger partial charge in [-0.1, -0.05) is 19.6 Å². The number of benzene rings is 2. The van der Waals surface area contributed by atoms with Gasteiger partial charge in [0, 0.05) is 56.4 Å². The van der Waals surface area contributed by atoms with Crippen molar-refractivity contribution < 1.29 is 9.13 Å². The zero-order chi connectivity index (χ0) is 18.8. The van der Waals surface area contributed by atoms with Crippen LogP contribution in [0.1, 0.15) is 18.6 Å². The van der Waals surface area contributed by atoms with Crippen molar-refractivity contribution >= 4 is 10.9 Å². The molecule has 0 saturated carbocycles. The van der Waals surface area contributed by atoms with Gasteiger partial charge in [0.05, 0.1) is 7.11 Å². The molecule has 2 heterocycles. The smallest absolute Gasteiger partial charge is 0.123 e. The number of halogens is 1. The predicted molar refractivity (Wildman–Crippen MR) is 113 cm³/mol. The Morgan fingerprint density at radius 1 is 0.964 bits per heavy atom. The summed E-state index contributed by atoms with van der Waals surface area (Å²) in [4.78, 5) is 4.88. The maximum Gasteiger partial charge on any atom is 0.123 e. The molecule has 150 valence electrons. The molecule has 0 atom stereocenters. The number of piperazine rings is 1. The van der Waals surface area contributed by atoms with Gasteiger partial charge in [-0.2, -0.15) is 0 Å². The Bertz CT molecular complexity index is 911. The third-order valence-corrected chi connectivity index (χ3v) is 5.43. The topological polar surface area (TPSA) is 20.6 Å². The highest BCUT2D eigenvalue weighted by atomic mass is 19.1. The fourth-order valence-corrected chi connectivity index (χ4v) is 3.77. The van der Waals surface area contributed by atoms with Crippen LogP contribution in [0.5, 0.6) is 5.75 Å². The number of ether oxygens (including phenoxy) is 1. The van der Waals surface area contributed by atoms with Gasteiger partial charge in [-0.3, -0.25) is 4.90 Å². The number of fused-ring (bicyclic) bond motifs is 1. The van der Waals surface area contributed by atoms with Crippen molar-refractivity contribution in [2.24, 2.45) is 0 Å². The van der Waals surface area contributed by atoms with Gasteiger partial charge in [0.25, 0.3) is 0 Å². The van der Waals surface area contributed by atoms with E-state index in [1.807, 2.05) is 18.2 Å². The van der Waals surface area contributed by atoms with Gasteiger partial charge >= 0.3 is 0 Å². The molecule has 5 heteroatoms. The fraction of sp³-hybridized carbons (Fsp3) is 0.391. The average Bonchev–Trinajstić information content (AvgIpc) is 3.02. The summed E-state index contributed by atoms with van der Waals surface area (Å²) in [6.07, 6.45) is 2.24. The van der Waals surface area contributed by atoms with E-state index >= 15 is 0 Å². The Morgan fingerprint density at radius 2 is 1.68 bits per heavy atom. The highest BCUT2D eigenvalue weighted by molar-refractivity contribution is 5.85. The van der Waals surface area contributed by atoms with E-state index in [1.54, 1.807) is 7.11 Å². The Morgan fingerprint density at radius 3 is 2.36 bits per heavy atom. The van der Waals surface area contributed by atoms with E-state index in [0.29, 0.717) is 0 Å². The molecule has 4 nitrogen and oxygen atoms in total. The van der Waals surface area contributed by atoms with E-state index in [-0.39, 0.29) is 13.2 Å². The van der Waals surface area contributed by atoms with E-state index in [9.17, 15) is 4.39 Å². The van der Waals surface area contributed by atoms with Crippen LogP contribution in [0.25, 0.3) is 10.9 Å². The molecule has 1 saturated heterocycles. The minimum atomic E-state index is -0.198. The molecule has 0 radical (unpaired) electrons. The van der Waals surface area contributed by atoms with Crippen LogP contribution in [0, 0.1) is 5.82 Å². The Kier molecular flexibility index (Phi) is 6.37. The first kappa shape index (κ1) is 20.4.